The number of benzene rings is 2. The number of nitrogens with one attached hydrogen (secondary N) is 8. The van der Waals surface area contributed by atoms with Gasteiger partial charge in [0, 0.05) is 12.8 Å². The van der Waals surface area contributed by atoms with Crippen LogP contribution in [0, 0.1) is 5.92 Å². The quantitative estimate of drug-likeness (QED) is 0.0410. The van der Waals surface area contributed by atoms with Crippen molar-refractivity contribution < 1.29 is 63.3 Å². The van der Waals surface area contributed by atoms with Gasteiger partial charge in [0.15, 0.2) is 0 Å². The molecule has 10 atom stereocenters. The summed E-state index contributed by atoms with van der Waals surface area (Å²) >= 11 is 1.35. The molecule has 0 aromatic heterocycles. The van der Waals surface area contributed by atoms with Crippen LogP contribution in [-0.2, 0) is 60.8 Å². The highest BCUT2D eigenvalue weighted by molar-refractivity contribution is 7.98. The van der Waals surface area contributed by atoms with E-state index in [-0.39, 0.29) is 25.0 Å². The smallest absolute Gasteiger partial charge is 0.326 e. The number of thioether (sulfide) groups is 1. The molecule has 0 heterocycles. The molecule has 0 aliphatic rings. The Morgan fingerprint density at radius 1 is 0.551 bits per heavy atom. The summed E-state index contributed by atoms with van der Waals surface area (Å²) in [6, 6.07) is 1.50. The van der Waals surface area contributed by atoms with E-state index in [0.29, 0.717) is 16.9 Å². The van der Waals surface area contributed by atoms with Gasteiger partial charge in [0.05, 0.1) is 18.6 Å². The Morgan fingerprint density at radius 3 is 1.46 bits per heavy atom. The van der Waals surface area contributed by atoms with Gasteiger partial charge in [0.1, 0.15) is 54.1 Å². The minimum absolute atomic E-state index is 0.0591. The molecule has 2 rings (SSSR count). The Bertz CT molecular complexity index is 2110. The molecule has 0 aliphatic carbocycles. The molecule has 0 unspecified atom stereocenters. The predicted molar refractivity (Wildman–Crippen MR) is 253 cm³/mol. The largest absolute Gasteiger partial charge is 0.508 e. The van der Waals surface area contributed by atoms with Gasteiger partial charge in [0.2, 0.25) is 53.2 Å². The Morgan fingerprint density at radius 2 is 0.986 bits per heavy atom. The molecular formula is C45H66N10O13S. The molecule has 0 saturated heterocycles. The molecule has 0 bridgehead atoms. The average Bonchev–Trinajstić information content (AvgIpc) is 3.27. The summed E-state index contributed by atoms with van der Waals surface area (Å²) in [6.45, 7) is 8.48. The maximum atomic E-state index is 14.2. The van der Waals surface area contributed by atoms with Crippen LogP contribution in [0.25, 0.3) is 0 Å². The van der Waals surface area contributed by atoms with E-state index >= 15 is 0 Å². The second kappa shape index (κ2) is 28.5. The number of aliphatic hydroxyl groups excluding tert-OH is 1. The maximum absolute atomic E-state index is 14.2. The van der Waals surface area contributed by atoms with Gasteiger partial charge in [-0.2, -0.15) is 11.8 Å². The number of phenols is 1. The number of carboxylic acids is 1. The topological polar surface area (TPSA) is 380 Å². The van der Waals surface area contributed by atoms with E-state index in [1.165, 1.54) is 63.7 Å². The van der Waals surface area contributed by atoms with Crippen molar-refractivity contribution in [3.8, 4) is 5.75 Å². The van der Waals surface area contributed by atoms with Gasteiger partial charge >= 0.3 is 5.97 Å². The van der Waals surface area contributed by atoms with Gasteiger partial charge in [-0.1, -0.05) is 56.3 Å². The second-order valence-corrected chi connectivity index (χ2v) is 17.8. The number of nitrogens with two attached hydrogens (primary N) is 2. The standard InChI is InChI=1S/C45H66N10O13S/c1-22(2)35(54-38(60)24(4)48-37(59)23(3)46)43(65)53-32(20-28-13-15-29(57)16-14-28)41(63)52-33(21-34(47)58)42(64)51-31(19-27-11-9-8-10-12-27)40(62)49-25(5)39(61)55-36(26(6)56)44(66)50-30(45(67)68)17-18-69-7/h8-16,22-26,30-33,35-36,56-57H,17-21,46H2,1-7H3,(H2,47,58)(H,48,59)(H,49,62)(H,50,66)(H,51,64)(H,52,63)(H,53,65)(H,54,60)(H,55,61)(H,67,68)/t23-,24-,25-,26+,30-,31-,32-,33-,35-,36-/m0/s1. The van der Waals surface area contributed by atoms with E-state index in [1.807, 2.05) is 0 Å². The summed E-state index contributed by atoms with van der Waals surface area (Å²) in [7, 11) is 0. The van der Waals surface area contributed by atoms with Gasteiger partial charge in [0.25, 0.3) is 0 Å². The highest BCUT2D eigenvalue weighted by Gasteiger charge is 2.36. The van der Waals surface area contributed by atoms with Crippen LogP contribution >= 0.6 is 11.8 Å². The molecule has 0 saturated carbocycles. The maximum Gasteiger partial charge on any atom is 0.326 e. The van der Waals surface area contributed by atoms with Crippen LogP contribution in [0.15, 0.2) is 54.6 Å². The number of aliphatic carboxylic acids is 1. The lowest BCUT2D eigenvalue weighted by Crippen LogP contribution is -2.61. The van der Waals surface area contributed by atoms with E-state index in [0.717, 1.165) is 0 Å². The minimum Gasteiger partial charge on any atom is -0.508 e. The number of aromatic hydroxyl groups is 1. The van der Waals surface area contributed by atoms with Crippen molar-refractivity contribution >= 4 is 70.9 Å². The molecule has 15 N–H and O–H groups in total. The minimum atomic E-state index is -1.76. The van der Waals surface area contributed by atoms with E-state index in [2.05, 4.69) is 42.5 Å². The molecule has 2 aromatic carbocycles. The van der Waals surface area contributed by atoms with Crippen molar-refractivity contribution in [2.24, 2.45) is 17.4 Å². The first-order valence-electron chi connectivity index (χ1n) is 22.0. The van der Waals surface area contributed by atoms with E-state index in [9.17, 15) is 63.3 Å². The summed E-state index contributed by atoms with van der Waals surface area (Å²) in [5.41, 5.74) is 12.1. The fourth-order valence-electron chi connectivity index (χ4n) is 6.39. The summed E-state index contributed by atoms with van der Waals surface area (Å²) in [5, 5.41) is 49.3. The molecular weight excluding hydrogens is 921 g/mol. The van der Waals surface area contributed by atoms with Crippen molar-refractivity contribution in [2.75, 3.05) is 12.0 Å². The van der Waals surface area contributed by atoms with Gasteiger partial charge in [-0.3, -0.25) is 43.2 Å². The molecule has 9 amide bonds. The summed E-state index contributed by atoms with van der Waals surface area (Å²) in [4.78, 5) is 132. The molecule has 0 aliphatic heterocycles. The third kappa shape index (κ3) is 20.1. The van der Waals surface area contributed by atoms with E-state index in [1.54, 1.807) is 50.4 Å². The van der Waals surface area contributed by atoms with Crippen LogP contribution in [0.2, 0.25) is 0 Å². The number of primary amides is 1. The van der Waals surface area contributed by atoms with E-state index < -0.39 is 132 Å². The number of rotatable bonds is 28. The number of carbonyl (C=O) groups excluding carboxylic acids is 9. The first kappa shape index (κ1) is 58.3. The van der Waals surface area contributed by atoms with Crippen molar-refractivity contribution in [3.63, 3.8) is 0 Å². The first-order chi connectivity index (χ1) is 32.3. The molecule has 0 fully saturated rings. The van der Waals surface area contributed by atoms with Crippen LogP contribution in [0.5, 0.6) is 5.75 Å². The normalized spacial score (nSPS) is 15.4. The highest BCUT2D eigenvalue weighted by Crippen LogP contribution is 2.14. The zero-order valence-corrected chi connectivity index (χ0v) is 40.4. The summed E-state index contributed by atoms with van der Waals surface area (Å²) < 4.78 is 0. The zero-order valence-electron chi connectivity index (χ0n) is 39.6. The van der Waals surface area contributed by atoms with Crippen molar-refractivity contribution in [1.29, 1.82) is 0 Å². The monoisotopic (exact) mass is 986 g/mol. The number of carbonyl (C=O) groups is 10. The van der Waals surface area contributed by atoms with Gasteiger partial charge in [-0.05, 0) is 75.3 Å². The number of aliphatic hydroxyl groups is 1. The molecule has 24 heteroatoms. The predicted octanol–water partition coefficient (Wildman–Crippen LogP) is -2.81. The number of amides is 9. The molecule has 0 radical (unpaired) electrons. The number of hydrogen-bond donors (Lipinski definition) is 13. The SMILES string of the molecule is CSCC[C@H](NC(=O)[C@@H](NC(=O)[C@H](C)NC(=O)[C@H](Cc1ccccc1)NC(=O)[C@H](CC(N)=O)NC(=O)[C@H](Cc1ccc(O)cc1)NC(=O)[C@@H](NC(=O)[C@H](C)NC(=O)[C@H](C)N)C(C)C)[C@@H](C)O)C(=O)O. The van der Waals surface area contributed by atoms with Crippen LogP contribution in [0.3, 0.4) is 0 Å². The van der Waals surface area contributed by atoms with Crippen LogP contribution in [0.1, 0.15) is 65.5 Å². The lowest BCUT2D eigenvalue weighted by atomic mass is 10.00. The third-order valence-corrected chi connectivity index (χ3v) is 11.1. The van der Waals surface area contributed by atoms with Crippen molar-refractivity contribution in [3.05, 3.63) is 65.7 Å². The lowest BCUT2D eigenvalue weighted by molar-refractivity contribution is -0.143. The first-order valence-corrected chi connectivity index (χ1v) is 23.4. The van der Waals surface area contributed by atoms with Crippen molar-refractivity contribution in [1.82, 2.24) is 42.5 Å². The van der Waals surface area contributed by atoms with Crippen LogP contribution < -0.4 is 54.0 Å². The Kier molecular flexibility index (Phi) is 24.1. The molecule has 69 heavy (non-hydrogen) atoms. The Labute approximate surface area is 404 Å². The third-order valence-electron chi connectivity index (χ3n) is 10.4. The van der Waals surface area contributed by atoms with Gasteiger partial charge < -0.3 is 69.3 Å². The Balaban J connectivity index is 2.41. The fraction of sp³-hybridized carbons (Fsp3) is 0.511. The number of phenolic OH excluding ortho intramolecular Hbond substituents is 1. The molecule has 23 nitrogen and oxygen atoms in total. The molecule has 0 spiro atoms. The lowest BCUT2D eigenvalue weighted by Gasteiger charge is -2.28. The van der Waals surface area contributed by atoms with Crippen molar-refractivity contribution in [2.45, 2.75) is 128 Å². The summed E-state index contributed by atoms with van der Waals surface area (Å²) in [5.74, 6) is -9.83. The molecule has 2 aromatic rings. The van der Waals surface area contributed by atoms with Crippen LogP contribution in [0.4, 0.5) is 0 Å². The van der Waals surface area contributed by atoms with Gasteiger partial charge in [-0.25, -0.2) is 4.79 Å². The second-order valence-electron chi connectivity index (χ2n) is 16.8. The highest BCUT2D eigenvalue weighted by atomic mass is 32.2. The van der Waals surface area contributed by atoms with Gasteiger partial charge in [-0.15, -0.1) is 0 Å². The average molecular weight is 987 g/mol. The van der Waals surface area contributed by atoms with Crippen LogP contribution in [-0.4, -0.2) is 147 Å². The number of hydrogen-bond acceptors (Lipinski definition) is 14. The molecule has 380 valence electrons. The Hall–Kier alpha value is -6.79. The number of carboxylic acid groups (broad SMARTS) is 1. The zero-order chi connectivity index (χ0) is 52.1. The summed E-state index contributed by atoms with van der Waals surface area (Å²) in [6.07, 6.45) is -0.923. The van der Waals surface area contributed by atoms with E-state index in [4.69, 9.17) is 11.5 Å². The fourth-order valence-corrected chi connectivity index (χ4v) is 6.87.